The van der Waals surface area contributed by atoms with Crippen molar-refractivity contribution in [1.29, 1.82) is 0 Å². The van der Waals surface area contributed by atoms with Gasteiger partial charge in [-0.05, 0) is 23.6 Å². The maximum Gasteiger partial charge on any atom is 0.227 e. The first-order chi connectivity index (χ1) is 10.8. The Morgan fingerprint density at radius 3 is 2.91 bits per heavy atom. The number of rotatable bonds is 4. The van der Waals surface area contributed by atoms with Gasteiger partial charge in [0.15, 0.2) is 0 Å². The predicted octanol–water partition coefficient (Wildman–Crippen LogP) is 1.58. The van der Waals surface area contributed by atoms with Gasteiger partial charge in [0.05, 0.1) is 25.1 Å². The molecule has 22 heavy (non-hydrogen) atoms. The quantitative estimate of drug-likeness (QED) is 0.479. The summed E-state index contributed by atoms with van der Waals surface area (Å²) in [6.07, 6.45) is 2.16. The van der Waals surface area contributed by atoms with Crippen LogP contribution in [0.4, 0.5) is 11.5 Å². The highest BCUT2D eigenvalue weighted by molar-refractivity contribution is 5.95. The summed E-state index contributed by atoms with van der Waals surface area (Å²) in [6, 6.07) is 3.86. The highest BCUT2D eigenvalue weighted by Gasteiger charge is 2.30. The molecule has 0 spiro atoms. The third-order valence-corrected chi connectivity index (χ3v) is 3.99. The van der Waals surface area contributed by atoms with Crippen LogP contribution in [0.3, 0.4) is 0 Å². The number of aromatic nitrogens is 1. The Labute approximate surface area is 128 Å². The van der Waals surface area contributed by atoms with Crippen molar-refractivity contribution in [3.05, 3.63) is 28.8 Å². The minimum atomic E-state index is 0.0547. The fraction of sp³-hybridized carbons (Fsp3) is 0.571. The van der Waals surface area contributed by atoms with E-state index in [1.165, 1.54) is 0 Å². The molecule has 1 aromatic rings. The van der Waals surface area contributed by atoms with Crippen LogP contribution in [0.5, 0.6) is 0 Å². The topological polar surface area (TPSA) is 94.4 Å². The number of ether oxygens (including phenoxy) is 1. The van der Waals surface area contributed by atoms with Crippen molar-refractivity contribution >= 4 is 17.4 Å². The van der Waals surface area contributed by atoms with Gasteiger partial charge >= 0.3 is 0 Å². The molecular formula is C14H18N6O2. The molecule has 0 aliphatic carbocycles. The number of morpholine rings is 1. The number of pyridine rings is 1. The molecule has 1 atom stereocenters. The standard InChI is InChI=1S/C14H18N6O2/c15-18-17-8-11-7-14(21)20(10-11)12-1-2-13(16-9-12)19-3-5-22-6-4-19/h1-2,9,11H,3-8,10H2. The molecule has 0 aromatic carbocycles. The van der Waals surface area contributed by atoms with E-state index >= 15 is 0 Å². The summed E-state index contributed by atoms with van der Waals surface area (Å²) in [5, 5.41) is 3.56. The summed E-state index contributed by atoms with van der Waals surface area (Å²) < 4.78 is 5.33. The molecule has 1 aromatic heterocycles. The monoisotopic (exact) mass is 302 g/mol. The van der Waals surface area contributed by atoms with E-state index in [0.29, 0.717) is 19.5 Å². The van der Waals surface area contributed by atoms with Gasteiger partial charge in [-0.3, -0.25) is 4.79 Å². The van der Waals surface area contributed by atoms with Gasteiger partial charge < -0.3 is 14.5 Å². The molecule has 8 nitrogen and oxygen atoms in total. The Morgan fingerprint density at radius 1 is 1.41 bits per heavy atom. The lowest BCUT2D eigenvalue weighted by Gasteiger charge is -2.28. The van der Waals surface area contributed by atoms with Crippen molar-refractivity contribution < 1.29 is 9.53 Å². The maximum atomic E-state index is 12.1. The van der Waals surface area contributed by atoms with E-state index in [9.17, 15) is 4.79 Å². The Balaban J connectivity index is 1.67. The van der Waals surface area contributed by atoms with Crippen LogP contribution >= 0.6 is 0 Å². The van der Waals surface area contributed by atoms with Gasteiger partial charge in [-0.15, -0.1) is 0 Å². The van der Waals surface area contributed by atoms with E-state index in [4.69, 9.17) is 10.3 Å². The van der Waals surface area contributed by atoms with Crippen LogP contribution in [-0.4, -0.2) is 50.3 Å². The first-order valence-electron chi connectivity index (χ1n) is 7.38. The van der Waals surface area contributed by atoms with E-state index in [0.717, 1.165) is 37.8 Å². The number of hydrogen-bond acceptors (Lipinski definition) is 5. The molecule has 1 unspecified atom stereocenters. The van der Waals surface area contributed by atoms with Crippen molar-refractivity contribution in [2.45, 2.75) is 6.42 Å². The fourth-order valence-electron chi connectivity index (χ4n) is 2.82. The second-order valence-electron chi connectivity index (χ2n) is 5.46. The van der Waals surface area contributed by atoms with Gasteiger partial charge in [-0.25, -0.2) is 4.98 Å². The molecule has 3 heterocycles. The van der Waals surface area contributed by atoms with Crippen LogP contribution in [0.15, 0.2) is 23.4 Å². The van der Waals surface area contributed by atoms with Crippen molar-refractivity contribution in [2.24, 2.45) is 11.0 Å². The second kappa shape index (κ2) is 6.64. The minimum Gasteiger partial charge on any atom is -0.378 e. The number of carbonyl (C=O) groups is 1. The Morgan fingerprint density at radius 2 is 2.23 bits per heavy atom. The molecule has 2 aliphatic heterocycles. The predicted molar refractivity (Wildman–Crippen MR) is 81.7 cm³/mol. The molecule has 3 rings (SSSR count). The van der Waals surface area contributed by atoms with Gasteiger partial charge in [0, 0.05) is 37.5 Å². The minimum absolute atomic E-state index is 0.0547. The lowest BCUT2D eigenvalue weighted by molar-refractivity contribution is -0.117. The molecule has 0 radical (unpaired) electrons. The van der Waals surface area contributed by atoms with E-state index in [-0.39, 0.29) is 11.8 Å². The molecule has 0 saturated carbocycles. The van der Waals surface area contributed by atoms with Gasteiger partial charge in [0.25, 0.3) is 0 Å². The van der Waals surface area contributed by atoms with Crippen LogP contribution < -0.4 is 9.80 Å². The normalized spacial score (nSPS) is 21.8. The fourth-order valence-corrected chi connectivity index (χ4v) is 2.82. The molecule has 8 heteroatoms. The maximum absolute atomic E-state index is 12.1. The van der Waals surface area contributed by atoms with Gasteiger partial charge in [0.1, 0.15) is 5.82 Å². The zero-order chi connectivity index (χ0) is 15.4. The molecule has 0 bridgehead atoms. The largest absolute Gasteiger partial charge is 0.378 e. The Kier molecular flexibility index (Phi) is 4.41. The molecule has 116 valence electrons. The highest BCUT2D eigenvalue weighted by atomic mass is 16.5. The molecule has 1 amide bonds. The molecule has 2 fully saturated rings. The smallest absolute Gasteiger partial charge is 0.227 e. The first kappa shape index (κ1) is 14.6. The zero-order valence-electron chi connectivity index (χ0n) is 12.3. The van der Waals surface area contributed by atoms with Crippen LogP contribution in [0, 0.1) is 5.92 Å². The first-order valence-corrected chi connectivity index (χ1v) is 7.38. The van der Waals surface area contributed by atoms with Crippen molar-refractivity contribution in [1.82, 2.24) is 4.98 Å². The average molecular weight is 302 g/mol. The van der Waals surface area contributed by atoms with Crippen molar-refractivity contribution in [3.63, 3.8) is 0 Å². The third-order valence-electron chi connectivity index (χ3n) is 3.99. The summed E-state index contributed by atoms with van der Waals surface area (Å²) in [6.45, 7) is 4.05. The highest BCUT2D eigenvalue weighted by Crippen LogP contribution is 2.26. The Bertz CT molecular complexity index is 578. The number of carbonyl (C=O) groups excluding carboxylic acids is 1. The lowest BCUT2D eigenvalue weighted by atomic mass is 10.1. The van der Waals surface area contributed by atoms with Gasteiger partial charge in [-0.1, -0.05) is 5.11 Å². The van der Waals surface area contributed by atoms with Gasteiger partial charge in [0.2, 0.25) is 5.91 Å². The molecule has 0 N–H and O–H groups in total. The molecule has 2 aliphatic rings. The number of anilines is 2. The summed E-state index contributed by atoms with van der Waals surface area (Å²) in [7, 11) is 0. The zero-order valence-corrected chi connectivity index (χ0v) is 12.3. The van der Waals surface area contributed by atoms with Crippen LogP contribution in [0.1, 0.15) is 6.42 Å². The van der Waals surface area contributed by atoms with Crippen LogP contribution in [0.2, 0.25) is 0 Å². The number of azide groups is 1. The lowest BCUT2D eigenvalue weighted by Crippen LogP contribution is -2.36. The second-order valence-corrected chi connectivity index (χ2v) is 5.46. The SMILES string of the molecule is [N-]=[N+]=NCC1CC(=O)N(c2ccc(N3CCOCC3)nc2)C1. The van der Waals surface area contributed by atoms with E-state index in [1.807, 2.05) is 12.1 Å². The summed E-state index contributed by atoms with van der Waals surface area (Å²) in [5.74, 6) is 1.05. The van der Waals surface area contributed by atoms with Crippen LogP contribution in [0.25, 0.3) is 10.4 Å². The number of hydrogen-bond donors (Lipinski definition) is 0. The summed E-state index contributed by atoms with van der Waals surface area (Å²) >= 11 is 0. The van der Waals surface area contributed by atoms with Crippen molar-refractivity contribution in [3.8, 4) is 0 Å². The number of nitrogens with zero attached hydrogens (tertiary/aromatic N) is 6. The Hall–Kier alpha value is -2.31. The van der Waals surface area contributed by atoms with Crippen LogP contribution in [-0.2, 0) is 9.53 Å². The molecular weight excluding hydrogens is 284 g/mol. The van der Waals surface area contributed by atoms with E-state index < -0.39 is 0 Å². The summed E-state index contributed by atoms with van der Waals surface area (Å²) in [4.78, 5) is 23.2. The van der Waals surface area contributed by atoms with E-state index in [1.54, 1.807) is 11.1 Å². The molecule has 2 saturated heterocycles. The van der Waals surface area contributed by atoms with E-state index in [2.05, 4.69) is 19.9 Å². The van der Waals surface area contributed by atoms with Crippen molar-refractivity contribution in [2.75, 3.05) is 49.2 Å². The third kappa shape index (κ3) is 3.13. The van der Waals surface area contributed by atoms with Gasteiger partial charge in [-0.2, -0.15) is 0 Å². The number of amides is 1. The average Bonchev–Trinajstić information content (AvgIpc) is 2.95. The summed E-state index contributed by atoms with van der Waals surface area (Å²) in [5.41, 5.74) is 9.16.